The number of aromatic nitrogens is 2. The number of amides is 1. The van der Waals surface area contributed by atoms with E-state index in [4.69, 9.17) is 4.74 Å². The number of para-hydroxylation sites is 1. The molecule has 2 heterocycles. The average molecular weight is 465 g/mol. The van der Waals surface area contributed by atoms with E-state index in [-0.39, 0.29) is 5.91 Å². The number of ether oxygens (including phenoxy) is 1. The SMILES string of the molecule is O=C(Nc1cccc(-c2ccc(N3CCCCCC3)nn2)c1)c1ccc(Oc2ccccc2)cc1. The molecule has 176 valence electrons. The quantitative estimate of drug-likeness (QED) is 0.350. The Morgan fingerprint density at radius 3 is 2.20 bits per heavy atom. The van der Waals surface area contributed by atoms with Gasteiger partial charge in [-0.25, -0.2) is 0 Å². The van der Waals surface area contributed by atoms with E-state index in [1.165, 1.54) is 25.7 Å². The molecule has 5 rings (SSSR count). The molecule has 6 heteroatoms. The Hall–Kier alpha value is -4.19. The van der Waals surface area contributed by atoms with Crippen molar-refractivity contribution in [2.75, 3.05) is 23.3 Å². The van der Waals surface area contributed by atoms with Gasteiger partial charge in [0.2, 0.25) is 0 Å². The maximum atomic E-state index is 12.8. The molecule has 6 nitrogen and oxygen atoms in total. The Labute approximate surface area is 205 Å². The van der Waals surface area contributed by atoms with Gasteiger partial charge in [0.15, 0.2) is 5.82 Å². The molecular formula is C29H28N4O2. The number of hydrogen-bond acceptors (Lipinski definition) is 5. The predicted octanol–water partition coefficient (Wildman–Crippen LogP) is 6.57. The largest absolute Gasteiger partial charge is 0.457 e. The molecule has 1 amide bonds. The minimum Gasteiger partial charge on any atom is -0.457 e. The highest BCUT2D eigenvalue weighted by atomic mass is 16.5. The van der Waals surface area contributed by atoms with Gasteiger partial charge in [0.25, 0.3) is 5.91 Å². The predicted molar refractivity (Wildman–Crippen MR) is 139 cm³/mol. The van der Waals surface area contributed by atoms with Crippen molar-refractivity contribution >= 4 is 17.4 Å². The highest BCUT2D eigenvalue weighted by Crippen LogP contribution is 2.24. The summed E-state index contributed by atoms with van der Waals surface area (Å²) in [5.41, 5.74) is 2.94. The van der Waals surface area contributed by atoms with Crippen LogP contribution in [0.25, 0.3) is 11.3 Å². The molecule has 0 spiro atoms. The van der Waals surface area contributed by atoms with Crippen LogP contribution in [0.5, 0.6) is 11.5 Å². The third-order valence-electron chi connectivity index (χ3n) is 6.09. The van der Waals surface area contributed by atoms with Crippen molar-refractivity contribution in [3.63, 3.8) is 0 Å². The summed E-state index contributed by atoms with van der Waals surface area (Å²) in [6, 6.07) is 28.4. The van der Waals surface area contributed by atoms with E-state index in [0.717, 1.165) is 35.9 Å². The Balaban J connectivity index is 1.24. The van der Waals surface area contributed by atoms with Gasteiger partial charge in [-0.05, 0) is 73.5 Å². The number of carbonyl (C=O) groups is 1. The number of hydrogen-bond donors (Lipinski definition) is 1. The number of nitrogens with one attached hydrogen (secondary N) is 1. The third-order valence-corrected chi connectivity index (χ3v) is 6.09. The van der Waals surface area contributed by atoms with Crippen LogP contribution < -0.4 is 15.0 Å². The number of rotatable bonds is 6. The average Bonchev–Trinajstić information content (AvgIpc) is 3.20. The van der Waals surface area contributed by atoms with E-state index < -0.39 is 0 Å². The summed E-state index contributed by atoms with van der Waals surface area (Å²) < 4.78 is 5.80. The Morgan fingerprint density at radius 1 is 0.743 bits per heavy atom. The third kappa shape index (κ3) is 5.84. The first-order valence-corrected chi connectivity index (χ1v) is 12.1. The topological polar surface area (TPSA) is 67.4 Å². The van der Waals surface area contributed by atoms with Gasteiger partial charge in [-0.2, -0.15) is 0 Å². The van der Waals surface area contributed by atoms with Gasteiger partial charge in [0.05, 0.1) is 5.69 Å². The summed E-state index contributed by atoms with van der Waals surface area (Å²) in [5.74, 6) is 2.18. The van der Waals surface area contributed by atoms with Gasteiger partial charge in [-0.15, -0.1) is 10.2 Å². The lowest BCUT2D eigenvalue weighted by Crippen LogP contribution is -2.25. The lowest BCUT2D eigenvalue weighted by Gasteiger charge is -2.20. The normalized spacial score (nSPS) is 13.7. The van der Waals surface area contributed by atoms with Gasteiger partial charge >= 0.3 is 0 Å². The molecule has 1 aliphatic heterocycles. The van der Waals surface area contributed by atoms with E-state index in [2.05, 4.69) is 20.4 Å². The fourth-order valence-electron chi connectivity index (χ4n) is 4.21. The van der Waals surface area contributed by atoms with Gasteiger partial charge < -0.3 is 15.0 Å². The van der Waals surface area contributed by atoms with E-state index in [1.807, 2.05) is 66.7 Å². The summed E-state index contributed by atoms with van der Waals surface area (Å²) in [4.78, 5) is 15.1. The van der Waals surface area contributed by atoms with Crippen molar-refractivity contribution in [1.82, 2.24) is 10.2 Å². The zero-order valence-corrected chi connectivity index (χ0v) is 19.6. The molecule has 1 aromatic heterocycles. The van der Waals surface area contributed by atoms with Crippen LogP contribution in [0.2, 0.25) is 0 Å². The van der Waals surface area contributed by atoms with Crippen LogP contribution in [0.15, 0.2) is 91.0 Å². The minimum atomic E-state index is -0.184. The second kappa shape index (κ2) is 10.8. The fraction of sp³-hybridized carbons (Fsp3) is 0.207. The van der Waals surface area contributed by atoms with Gasteiger partial charge in [-0.3, -0.25) is 4.79 Å². The lowest BCUT2D eigenvalue weighted by atomic mass is 10.1. The summed E-state index contributed by atoms with van der Waals surface area (Å²) >= 11 is 0. The molecule has 0 atom stereocenters. The minimum absolute atomic E-state index is 0.184. The second-order valence-electron chi connectivity index (χ2n) is 8.65. The molecule has 0 saturated carbocycles. The van der Waals surface area contributed by atoms with Crippen LogP contribution in [0.4, 0.5) is 11.5 Å². The summed E-state index contributed by atoms with van der Waals surface area (Å²) in [6.07, 6.45) is 4.97. The van der Waals surface area contributed by atoms with Crippen molar-refractivity contribution in [3.05, 3.63) is 96.6 Å². The Kier molecular flexibility index (Phi) is 6.99. The van der Waals surface area contributed by atoms with Gasteiger partial charge in [-0.1, -0.05) is 43.2 Å². The Bertz CT molecular complexity index is 1250. The number of carbonyl (C=O) groups excluding carboxylic acids is 1. The van der Waals surface area contributed by atoms with Crippen molar-refractivity contribution < 1.29 is 9.53 Å². The second-order valence-corrected chi connectivity index (χ2v) is 8.65. The molecular weight excluding hydrogens is 436 g/mol. The lowest BCUT2D eigenvalue weighted by molar-refractivity contribution is 0.102. The van der Waals surface area contributed by atoms with Crippen molar-refractivity contribution in [1.29, 1.82) is 0 Å². The monoisotopic (exact) mass is 464 g/mol. The molecule has 1 fully saturated rings. The molecule has 0 bridgehead atoms. The fourth-order valence-corrected chi connectivity index (χ4v) is 4.21. The molecule has 0 aliphatic carbocycles. The summed E-state index contributed by atoms with van der Waals surface area (Å²) in [7, 11) is 0. The molecule has 35 heavy (non-hydrogen) atoms. The van der Waals surface area contributed by atoms with Crippen LogP contribution in [0.3, 0.4) is 0 Å². The van der Waals surface area contributed by atoms with E-state index in [1.54, 1.807) is 24.3 Å². The summed E-state index contributed by atoms with van der Waals surface area (Å²) in [6.45, 7) is 2.07. The number of benzene rings is 3. The smallest absolute Gasteiger partial charge is 0.255 e. The molecule has 1 N–H and O–H groups in total. The van der Waals surface area contributed by atoms with Crippen molar-refractivity contribution in [2.24, 2.45) is 0 Å². The van der Waals surface area contributed by atoms with E-state index in [0.29, 0.717) is 17.0 Å². The van der Waals surface area contributed by atoms with Gasteiger partial charge in [0.1, 0.15) is 11.5 Å². The first kappa shape index (κ1) is 22.6. The maximum absolute atomic E-state index is 12.8. The van der Waals surface area contributed by atoms with Crippen LogP contribution in [-0.2, 0) is 0 Å². The molecule has 3 aromatic carbocycles. The van der Waals surface area contributed by atoms with Crippen LogP contribution in [-0.4, -0.2) is 29.2 Å². The molecule has 0 unspecified atom stereocenters. The van der Waals surface area contributed by atoms with Crippen molar-refractivity contribution in [2.45, 2.75) is 25.7 Å². The number of anilines is 2. The van der Waals surface area contributed by atoms with Crippen LogP contribution in [0.1, 0.15) is 36.0 Å². The van der Waals surface area contributed by atoms with Crippen LogP contribution in [0, 0.1) is 0 Å². The highest BCUT2D eigenvalue weighted by molar-refractivity contribution is 6.04. The zero-order chi connectivity index (χ0) is 23.9. The zero-order valence-electron chi connectivity index (χ0n) is 19.6. The van der Waals surface area contributed by atoms with E-state index in [9.17, 15) is 4.79 Å². The molecule has 0 radical (unpaired) electrons. The first-order chi connectivity index (χ1) is 17.2. The Morgan fingerprint density at radius 2 is 1.49 bits per heavy atom. The molecule has 1 aliphatic rings. The van der Waals surface area contributed by atoms with E-state index >= 15 is 0 Å². The number of nitrogens with zero attached hydrogens (tertiary/aromatic N) is 3. The molecule has 4 aromatic rings. The summed E-state index contributed by atoms with van der Waals surface area (Å²) in [5, 5.41) is 11.9. The molecule has 1 saturated heterocycles. The highest BCUT2D eigenvalue weighted by Gasteiger charge is 2.13. The maximum Gasteiger partial charge on any atom is 0.255 e. The van der Waals surface area contributed by atoms with Crippen molar-refractivity contribution in [3.8, 4) is 22.8 Å². The van der Waals surface area contributed by atoms with Crippen LogP contribution >= 0.6 is 0 Å². The first-order valence-electron chi connectivity index (χ1n) is 12.1. The standard InChI is InChI=1S/C29H28N4O2/c34-29(22-13-15-26(16-14-22)35-25-11-4-3-5-12-25)30-24-10-8-9-23(21-24)27-17-18-28(32-31-27)33-19-6-1-2-7-20-33/h3-5,8-18,21H,1-2,6-7,19-20H2,(H,30,34). The van der Waals surface area contributed by atoms with Gasteiger partial charge in [0, 0.05) is 29.9 Å².